The summed E-state index contributed by atoms with van der Waals surface area (Å²) in [7, 11) is -2.34. The van der Waals surface area contributed by atoms with Crippen molar-refractivity contribution in [1.29, 1.82) is 5.41 Å². The van der Waals surface area contributed by atoms with Crippen LogP contribution >= 0.6 is 23.1 Å². The van der Waals surface area contributed by atoms with Crippen molar-refractivity contribution >= 4 is 56.3 Å². The Labute approximate surface area is 158 Å². The Bertz CT molecular complexity index is 776. The smallest absolute Gasteiger partial charge is 0.369 e. The van der Waals surface area contributed by atoms with Gasteiger partial charge in [-0.25, -0.2) is 4.98 Å². The second-order valence-corrected chi connectivity index (χ2v) is 7.76. The van der Waals surface area contributed by atoms with E-state index in [4.69, 9.17) is 16.9 Å². The first-order chi connectivity index (χ1) is 11.3. The highest BCUT2D eigenvalue weighted by Crippen LogP contribution is 2.19. The van der Waals surface area contributed by atoms with Crippen LogP contribution in [-0.4, -0.2) is 66.5 Å². The number of thioether (sulfide) groups is 1. The molecule has 2 rings (SSSR count). The molecule has 1 aliphatic rings. The number of anilines is 1. The molecule has 26 heavy (non-hydrogen) atoms. The maximum Gasteiger partial charge on any atom is 0.369 e. The van der Waals surface area contributed by atoms with Crippen LogP contribution in [-0.2, 0) is 16.0 Å². The summed E-state index contributed by atoms with van der Waals surface area (Å²) in [6, 6.07) is 0. The highest BCUT2D eigenvalue weighted by molar-refractivity contribution is 7.98. The fourth-order valence-corrected chi connectivity index (χ4v) is 3.97. The molecule has 0 fully saturated rings. The summed E-state index contributed by atoms with van der Waals surface area (Å²) in [5.74, 6) is 1.25. The number of hydrogen-bond acceptors (Lipinski definition) is 9. The zero-order valence-corrected chi connectivity index (χ0v) is 16.1. The summed E-state index contributed by atoms with van der Waals surface area (Å²) in [5.41, 5.74) is 11.6. The average molecular weight is 428 g/mol. The van der Waals surface area contributed by atoms with Gasteiger partial charge in [0.2, 0.25) is 11.9 Å². The molecule has 0 unspecified atom stereocenters. The van der Waals surface area contributed by atoms with E-state index in [0.29, 0.717) is 23.2 Å². The zero-order chi connectivity index (χ0) is 17.7. The van der Waals surface area contributed by atoms with Gasteiger partial charge in [-0.1, -0.05) is 0 Å². The van der Waals surface area contributed by atoms with Gasteiger partial charge in [-0.15, -0.1) is 20.1 Å². The zero-order valence-electron chi connectivity index (χ0n) is 13.7. The molecule has 0 spiro atoms. The van der Waals surface area contributed by atoms with Gasteiger partial charge >= 0.3 is 10.2 Å². The second kappa shape index (κ2) is 10.1. The van der Waals surface area contributed by atoms with Crippen LogP contribution in [0, 0.1) is 5.41 Å². The molecule has 16 heteroatoms. The van der Waals surface area contributed by atoms with Crippen LogP contribution in [0.4, 0.5) is 5.13 Å². The number of nitrogens with two attached hydrogens (primary N) is 2. The van der Waals surface area contributed by atoms with Crippen LogP contribution in [0.5, 0.6) is 0 Å². The van der Waals surface area contributed by atoms with Crippen molar-refractivity contribution in [1.82, 2.24) is 15.2 Å². The van der Waals surface area contributed by atoms with E-state index in [-0.39, 0.29) is 28.8 Å². The Hall–Kier alpha value is -2.14. The largest absolute Gasteiger partial charge is 0.412 e. The molecule has 0 saturated heterocycles. The first-order valence-corrected chi connectivity index (χ1v) is 10.0. The average Bonchev–Trinajstić information content (AvgIpc) is 2.89. The van der Waals surface area contributed by atoms with Crippen LogP contribution in [0.25, 0.3) is 0 Å². The molecule has 11 N–H and O–H groups in total. The van der Waals surface area contributed by atoms with Gasteiger partial charge in [0.1, 0.15) is 0 Å². The number of aromatic nitrogens is 1. The first-order valence-electron chi connectivity index (χ1n) is 6.58. The minimum Gasteiger partial charge on any atom is -0.412 e. The third-order valence-corrected chi connectivity index (χ3v) is 5.27. The van der Waals surface area contributed by atoms with Gasteiger partial charge in [0.05, 0.1) is 5.69 Å². The van der Waals surface area contributed by atoms with E-state index in [1.54, 1.807) is 18.8 Å². The van der Waals surface area contributed by atoms with E-state index in [1.807, 2.05) is 5.38 Å². The molecule has 0 aromatic carbocycles. The minimum absolute atomic E-state index is 0. The monoisotopic (exact) mass is 427 g/mol. The Morgan fingerprint density at radius 1 is 1.42 bits per heavy atom. The van der Waals surface area contributed by atoms with Crippen molar-refractivity contribution in [2.75, 3.05) is 24.7 Å². The van der Waals surface area contributed by atoms with Crippen LogP contribution < -0.4 is 22.1 Å². The predicted molar refractivity (Wildman–Crippen MR) is 105 cm³/mol. The normalized spacial score (nSPS) is 15.0. The Kier molecular flexibility index (Phi) is 9.28. The number of thiazole rings is 1. The number of nitrogens with one attached hydrogen (secondary N) is 3. The molecular formula is C10H21N9O4S3. The molecule has 0 bridgehead atoms. The molecular weight excluding hydrogens is 406 g/mol. The van der Waals surface area contributed by atoms with Crippen LogP contribution in [0.15, 0.2) is 14.2 Å². The van der Waals surface area contributed by atoms with Crippen molar-refractivity contribution in [3.63, 3.8) is 0 Å². The van der Waals surface area contributed by atoms with Crippen LogP contribution in [0.3, 0.4) is 0 Å². The minimum atomic E-state index is -3.91. The summed E-state index contributed by atoms with van der Waals surface area (Å²) in [6.45, 7) is 0.499. The van der Waals surface area contributed by atoms with Gasteiger partial charge in [0.25, 0.3) is 0 Å². The summed E-state index contributed by atoms with van der Waals surface area (Å²) in [5, 5.41) is 15.1. The number of hydrogen-bond donors (Lipinski definition) is 5. The number of rotatable bonds is 6. The lowest BCUT2D eigenvalue weighted by atomic mass is 10.6. The van der Waals surface area contributed by atoms with Crippen LogP contribution in [0.1, 0.15) is 5.69 Å². The van der Waals surface area contributed by atoms with Crippen molar-refractivity contribution in [2.45, 2.75) is 5.75 Å². The number of guanidine groups is 3. The van der Waals surface area contributed by atoms with E-state index in [2.05, 4.69) is 24.4 Å². The van der Waals surface area contributed by atoms with Gasteiger partial charge < -0.3 is 33.1 Å². The molecule has 1 aromatic rings. The van der Waals surface area contributed by atoms with Crippen LogP contribution in [0.2, 0.25) is 0 Å². The summed E-state index contributed by atoms with van der Waals surface area (Å²) in [6.07, 6.45) is 0. The Balaban J connectivity index is 0.00000312. The maximum absolute atomic E-state index is 11.4. The predicted octanol–water partition coefficient (Wildman–Crippen LogP) is -2.52. The standard InChI is InChI=1S/C10H17N9O2S3.2H2O/c1-19-8(13)17-24(20,21)18-9(19)14-2-3-22-4-6-5-23-10(15-6)16-7(11)12;;/h5H,2-4H2,1H3,(H2,13,17)(H,14,18)(H4,11,12,15,16);2*1H2. The van der Waals surface area contributed by atoms with E-state index < -0.39 is 10.2 Å². The van der Waals surface area contributed by atoms with E-state index in [1.165, 1.54) is 16.2 Å². The van der Waals surface area contributed by atoms with Gasteiger partial charge in [-0.3, -0.25) is 10.3 Å². The molecule has 0 radical (unpaired) electrons. The molecule has 13 nitrogen and oxygen atoms in total. The van der Waals surface area contributed by atoms with E-state index in [9.17, 15) is 8.42 Å². The Morgan fingerprint density at radius 2 is 2.12 bits per heavy atom. The summed E-state index contributed by atoms with van der Waals surface area (Å²) < 4.78 is 29.6. The Morgan fingerprint density at radius 3 is 2.77 bits per heavy atom. The molecule has 0 saturated carbocycles. The molecule has 0 aliphatic carbocycles. The lowest BCUT2D eigenvalue weighted by Crippen LogP contribution is -2.49. The topological polar surface area (TPSA) is 238 Å². The van der Waals surface area contributed by atoms with Crippen molar-refractivity contribution < 1.29 is 19.4 Å². The van der Waals surface area contributed by atoms with E-state index >= 15 is 0 Å². The lowest BCUT2D eigenvalue weighted by Gasteiger charge is -2.23. The van der Waals surface area contributed by atoms with Crippen molar-refractivity contribution in [3.05, 3.63) is 11.1 Å². The molecule has 1 aliphatic heterocycles. The van der Waals surface area contributed by atoms with Gasteiger partial charge in [0, 0.05) is 30.5 Å². The number of nitrogens with zero attached hydrogens (tertiary/aromatic N) is 4. The van der Waals surface area contributed by atoms with Crippen molar-refractivity contribution in [3.8, 4) is 0 Å². The maximum atomic E-state index is 11.4. The molecule has 148 valence electrons. The molecule has 0 amide bonds. The highest BCUT2D eigenvalue weighted by atomic mass is 32.2. The highest BCUT2D eigenvalue weighted by Gasteiger charge is 2.22. The van der Waals surface area contributed by atoms with Crippen molar-refractivity contribution in [2.24, 2.45) is 20.3 Å². The van der Waals surface area contributed by atoms with Gasteiger partial charge in [-0.2, -0.15) is 20.2 Å². The second-order valence-electron chi connectivity index (χ2n) is 4.53. The lowest BCUT2D eigenvalue weighted by molar-refractivity contribution is 0.591. The molecule has 0 atom stereocenters. The van der Waals surface area contributed by atoms with Gasteiger partial charge in [0.15, 0.2) is 11.1 Å². The quantitative estimate of drug-likeness (QED) is 0.182. The fourth-order valence-electron chi connectivity index (χ4n) is 1.59. The summed E-state index contributed by atoms with van der Waals surface area (Å²) >= 11 is 2.99. The SMILES string of the molecule is CN1C(N)=NS(=O)(=O)N=C1NCCSCc1csc(NC(=N)N)n1.O.O. The fraction of sp³-hybridized carbons (Fsp3) is 0.400. The third kappa shape index (κ3) is 7.00. The molecule has 1 aromatic heterocycles. The van der Waals surface area contributed by atoms with Gasteiger partial charge in [-0.05, 0) is 0 Å². The first kappa shape index (κ1) is 23.9. The van der Waals surface area contributed by atoms with E-state index in [0.717, 1.165) is 5.69 Å². The third-order valence-electron chi connectivity index (χ3n) is 2.64. The summed E-state index contributed by atoms with van der Waals surface area (Å²) in [4.78, 5) is 5.65. The molecule has 2 heterocycles.